The summed E-state index contributed by atoms with van der Waals surface area (Å²) >= 11 is 6.00. The number of nitrogens with zero attached hydrogens (tertiary/aromatic N) is 1. The summed E-state index contributed by atoms with van der Waals surface area (Å²) in [7, 11) is 0. The number of carbonyl (C=O) groups is 1. The van der Waals surface area contributed by atoms with Crippen LogP contribution in [0.15, 0.2) is 36.4 Å². The second-order valence-electron chi connectivity index (χ2n) is 5.01. The van der Waals surface area contributed by atoms with Crippen molar-refractivity contribution in [3.05, 3.63) is 58.1 Å². The van der Waals surface area contributed by atoms with Gasteiger partial charge in [0.05, 0.1) is 0 Å². The molecule has 0 unspecified atom stereocenters. The number of carbonyl (C=O) groups excluding carboxylic acids is 1. The molecule has 1 aliphatic rings. The van der Waals surface area contributed by atoms with Crippen LogP contribution >= 0.6 is 11.6 Å². The zero-order valence-corrected chi connectivity index (χ0v) is 11.9. The fourth-order valence-corrected chi connectivity index (χ4v) is 2.81. The van der Waals surface area contributed by atoms with Gasteiger partial charge in [0.25, 0.3) is 5.91 Å². The predicted octanol–water partition coefficient (Wildman–Crippen LogP) is 3.43. The Morgan fingerprint density at radius 2 is 2.10 bits per heavy atom. The van der Waals surface area contributed by atoms with E-state index in [0.29, 0.717) is 17.1 Å². The maximum atomic E-state index is 12.7. The topological polar surface area (TPSA) is 46.3 Å². The first-order valence-electron chi connectivity index (χ1n) is 6.53. The summed E-state index contributed by atoms with van der Waals surface area (Å²) in [5.41, 5.74) is 10.3. The van der Waals surface area contributed by atoms with E-state index >= 15 is 0 Å². The number of hydrogen-bond donors (Lipinski definition) is 1. The molecular formula is C16H15ClN2O. The van der Waals surface area contributed by atoms with E-state index in [-0.39, 0.29) is 5.91 Å². The molecule has 2 aromatic rings. The Labute approximate surface area is 123 Å². The lowest BCUT2D eigenvalue weighted by atomic mass is 10.1. The third-order valence-corrected chi connectivity index (χ3v) is 3.97. The van der Waals surface area contributed by atoms with Gasteiger partial charge in [0.2, 0.25) is 0 Å². The summed E-state index contributed by atoms with van der Waals surface area (Å²) < 4.78 is 0. The summed E-state index contributed by atoms with van der Waals surface area (Å²) in [5.74, 6) is -0.0191. The van der Waals surface area contributed by atoms with Crippen molar-refractivity contribution in [2.24, 2.45) is 0 Å². The third kappa shape index (κ3) is 2.04. The van der Waals surface area contributed by atoms with Crippen LogP contribution in [0, 0.1) is 6.92 Å². The molecule has 0 aromatic heterocycles. The molecule has 0 radical (unpaired) electrons. The smallest absolute Gasteiger partial charge is 0.258 e. The van der Waals surface area contributed by atoms with Crippen molar-refractivity contribution in [3.63, 3.8) is 0 Å². The molecule has 1 heterocycles. The summed E-state index contributed by atoms with van der Waals surface area (Å²) in [6, 6.07) is 11.1. The van der Waals surface area contributed by atoms with Crippen molar-refractivity contribution in [1.82, 2.24) is 0 Å². The minimum atomic E-state index is -0.0191. The van der Waals surface area contributed by atoms with Gasteiger partial charge in [0, 0.05) is 34.1 Å². The highest BCUT2D eigenvalue weighted by atomic mass is 35.5. The molecule has 3 rings (SSSR count). The van der Waals surface area contributed by atoms with E-state index in [1.807, 2.05) is 31.2 Å². The molecule has 0 aliphatic carbocycles. The molecule has 1 aliphatic heterocycles. The number of anilines is 2. The molecule has 0 bridgehead atoms. The summed E-state index contributed by atoms with van der Waals surface area (Å²) in [5, 5.41) is 0.575. The molecule has 1 amide bonds. The van der Waals surface area contributed by atoms with E-state index in [1.54, 1.807) is 17.0 Å². The Morgan fingerprint density at radius 3 is 2.90 bits per heavy atom. The number of aryl methyl sites for hydroxylation is 1. The van der Waals surface area contributed by atoms with E-state index in [0.717, 1.165) is 28.9 Å². The van der Waals surface area contributed by atoms with Crippen LogP contribution in [0.2, 0.25) is 5.02 Å². The number of benzene rings is 2. The summed E-state index contributed by atoms with van der Waals surface area (Å²) in [6.07, 6.45) is 0.799. The Morgan fingerprint density at radius 1 is 1.30 bits per heavy atom. The molecule has 20 heavy (non-hydrogen) atoms. The van der Waals surface area contributed by atoms with Crippen molar-refractivity contribution >= 4 is 28.9 Å². The number of nitrogen functional groups attached to an aromatic ring is 1. The minimum Gasteiger partial charge on any atom is -0.398 e. The highest BCUT2D eigenvalue weighted by Gasteiger charge is 2.27. The third-order valence-electron chi connectivity index (χ3n) is 3.74. The van der Waals surface area contributed by atoms with Crippen LogP contribution in [0.25, 0.3) is 0 Å². The minimum absolute atomic E-state index is 0.0191. The first-order valence-corrected chi connectivity index (χ1v) is 6.91. The van der Waals surface area contributed by atoms with Gasteiger partial charge in [0.1, 0.15) is 0 Å². The van der Waals surface area contributed by atoms with Crippen molar-refractivity contribution in [2.75, 3.05) is 17.2 Å². The fraction of sp³-hybridized carbons (Fsp3) is 0.188. The van der Waals surface area contributed by atoms with Crippen LogP contribution in [-0.2, 0) is 6.42 Å². The quantitative estimate of drug-likeness (QED) is 0.816. The Balaban J connectivity index is 2.02. The van der Waals surface area contributed by atoms with Gasteiger partial charge in [-0.15, -0.1) is 0 Å². The monoisotopic (exact) mass is 286 g/mol. The largest absolute Gasteiger partial charge is 0.398 e. The van der Waals surface area contributed by atoms with Gasteiger partial charge in [0.15, 0.2) is 0 Å². The molecule has 2 N–H and O–H groups in total. The molecule has 0 saturated heterocycles. The van der Waals surface area contributed by atoms with E-state index < -0.39 is 0 Å². The number of halogens is 1. The van der Waals surface area contributed by atoms with E-state index in [9.17, 15) is 4.79 Å². The summed E-state index contributed by atoms with van der Waals surface area (Å²) in [4.78, 5) is 14.5. The lowest BCUT2D eigenvalue weighted by molar-refractivity contribution is 0.0989. The molecule has 0 saturated carbocycles. The van der Waals surface area contributed by atoms with Crippen molar-refractivity contribution < 1.29 is 4.79 Å². The van der Waals surface area contributed by atoms with Crippen molar-refractivity contribution in [3.8, 4) is 0 Å². The molecule has 0 fully saturated rings. The second kappa shape index (κ2) is 4.84. The van der Waals surface area contributed by atoms with Gasteiger partial charge in [-0.1, -0.05) is 23.7 Å². The number of amides is 1. The standard InChI is InChI=1S/C16H15ClN2O/c1-10-5-6-11(17)9-13(10)16(20)19-8-7-12-14(18)3-2-4-15(12)19/h2-6,9H,7-8,18H2,1H3. The summed E-state index contributed by atoms with van der Waals surface area (Å²) in [6.45, 7) is 2.58. The Bertz CT molecular complexity index is 697. The molecule has 102 valence electrons. The number of nitrogens with two attached hydrogens (primary N) is 1. The average Bonchev–Trinajstić information content (AvgIpc) is 2.86. The zero-order valence-electron chi connectivity index (χ0n) is 11.2. The van der Waals surface area contributed by atoms with Crippen LogP contribution in [0.5, 0.6) is 0 Å². The Hall–Kier alpha value is -2.00. The van der Waals surface area contributed by atoms with Crippen LogP contribution in [-0.4, -0.2) is 12.5 Å². The van der Waals surface area contributed by atoms with Gasteiger partial charge in [-0.3, -0.25) is 4.79 Å². The van der Waals surface area contributed by atoms with Gasteiger partial charge in [-0.2, -0.15) is 0 Å². The SMILES string of the molecule is Cc1ccc(Cl)cc1C(=O)N1CCc2c(N)cccc21. The maximum absolute atomic E-state index is 12.7. The van der Waals surface area contributed by atoms with Crippen LogP contribution in [0.3, 0.4) is 0 Å². The Kier molecular flexibility index (Phi) is 3.14. The number of rotatable bonds is 1. The predicted molar refractivity (Wildman–Crippen MR) is 82.4 cm³/mol. The van der Waals surface area contributed by atoms with Crippen molar-refractivity contribution in [2.45, 2.75) is 13.3 Å². The van der Waals surface area contributed by atoms with Crippen molar-refractivity contribution in [1.29, 1.82) is 0 Å². The molecule has 3 nitrogen and oxygen atoms in total. The van der Waals surface area contributed by atoms with Crippen LogP contribution < -0.4 is 10.6 Å². The average molecular weight is 287 g/mol. The lowest BCUT2D eigenvalue weighted by Crippen LogP contribution is -2.29. The molecule has 2 aromatic carbocycles. The first-order chi connectivity index (χ1) is 9.58. The molecule has 0 spiro atoms. The van der Waals surface area contributed by atoms with Gasteiger partial charge < -0.3 is 10.6 Å². The van der Waals surface area contributed by atoms with Gasteiger partial charge >= 0.3 is 0 Å². The second-order valence-corrected chi connectivity index (χ2v) is 5.45. The van der Waals surface area contributed by atoms with Crippen LogP contribution in [0.4, 0.5) is 11.4 Å². The highest BCUT2D eigenvalue weighted by molar-refractivity contribution is 6.31. The number of fused-ring (bicyclic) bond motifs is 1. The van der Waals surface area contributed by atoms with E-state index in [4.69, 9.17) is 17.3 Å². The highest BCUT2D eigenvalue weighted by Crippen LogP contribution is 2.33. The normalized spacial score (nSPS) is 13.4. The van der Waals surface area contributed by atoms with Gasteiger partial charge in [-0.05, 0) is 43.2 Å². The maximum Gasteiger partial charge on any atom is 0.258 e. The molecule has 0 atom stereocenters. The zero-order chi connectivity index (χ0) is 14.3. The molecular weight excluding hydrogens is 272 g/mol. The first kappa shape index (κ1) is 13.0. The van der Waals surface area contributed by atoms with E-state index in [1.165, 1.54) is 0 Å². The fourth-order valence-electron chi connectivity index (χ4n) is 2.64. The van der Waals surface area contributed by atoms with Gasteiger partial charge in [-0.25, -0.2) is 0 Å². The van der Waals surface area contributed by atoms with E-state index in [2.05, 4.69) is 0 Å². The van der Waals surface area contributed by atoms with Crippen LogP contribution in [0.1, 0.15) is 21.5 Å². The lowest BCUT2D eigenvalue weighted by Gasteiger charge is -2.19. The number of hydrogen-bond acceptors (Lipinski definition) is 2. The molecule has 4 heteroatoms.